The van der Waals surface area contributed by atoms with Gasteiger partial charge in [-0.15, -0.1) is 0 Å². The van der Waals surface area contributed by atoms with Crippen LogP contribution in [-0.4, -0.2) is 52.4 Å². The Morgan fingerprint density at radius 1 is 1.11 bits per heavy atom. The molecule has 6 heteroatoms. The van der Waals surface area contributed by atoms with Gasteiger partial charge in [0.1, 0.15) is 11.9 Å². The SMILES string of the molecule is [2H]C([2H])([2H])Oc1ccc(C([2H])([2H])c2cc([C@@H]3C[C@H](CO)[C@@H](O)[C@H](O)[C@H]3O)ccc2Cl)cc1. The molecule has 1 aliphatic carbocycles. The molecular formula is C21H25ClO5. The first kappa shape index (κ1) is 14.4. The second-order valence-electron chi connectivity index (χ2n) is 6.75. The fraction of sp³-hybridized carbons (Fsp3) is 0.429. The van der Waals surface area contributed by atoms with E-state index in [1.54, 1.807) is 6.07 Å². The van der Waals surface area contributed by atoms with Gasteiger partial charge in [-0.1, -0.05) is 35.9 Å². The van der Waals surface area contributed by atoms with E-state index in [0.717, 1.165) is 0 Å². The highest BCUT2D eigenvalue weighted by atomic mass is 35.5. The number of hydrogen-bond donors (Lipinski definition) is 4. The molecule has 2 aromatic rings. The highest BCUT2D eigenvalue weighted by molar-refractivity contribution is 6.31. The van der Waals surface area contributed by atoms with Crippen molar-refractivity contribution in [1.82, 2.24) is 0 Å². The van der Waals surface area contributed by atoms with Crippen molar-refractivity contribution in [3.05, 3.63) is 64.2 Å². The molecule has 4 N–H and O–H groups in total. The van der Waals surface area contributed by atoms with E-state index in [1.807, 2.05) is 0 Å². The summed E-state index contributed by atoms with van der Waals surface area (Å²) in [5, 5.41) is 40.4. The lowest BCUT2D eigenvalue weighted by molar-refractivity contribution is -0.127. The quantitative estimate of drug-likeness (QED) is 0.620. The molecule has 0 bridgehead atoms. The Kier molecular flexibility index (Phi) is 4.57. The van der Waals surface area contributed by atoms with Crippen LogP contribution in [0.1, 0.15) is 35.9 Å². The molecule has 0 unspecified atom stereocenters. The van der Waals surface area contributed by atoms with Gasteiger partial charge in [0.15, 0.2) is 0 Å². The zero-order chi connectivity index (χ0) is 23.8. The Bertz CT molecular complexity index is 935. The van der Waals surface area contributed by atoms with Gasteiger partial charge in [-0.2, -0.15) is 0 Å². The van der Waals surface area contributed by atoms with E-state index in [4.69, 9.17) is 23.2 Å². The van der Waals surface area contributed by atoms with Crippen molar-refractivity contribution in [3.63, 3.8) is 0 Å². The summed E-state index contributed by atoms with van der Waals surface area (Å²) >= 11 is 6.30. The van der Waals surface area contributed by atoms with Crippen molar-refractivity contribution in [3.8, 4) is 5.75 Å². The normalized spacial score (nSPS) is 31.9. The standard InChI is InChI=1S/C21H25ClO5/c1-27-16-5-2-12(3-6-16)8-14-9-13(4-7-18(14)22)17-10-15(11-23)19(24)21(26)20(17)25/h2-7,9,15,17,19-21,23-26H,8,10-11H2,1H3/t15-,17+,19-,20+,21+/m1/s1/i1D3,8D2. The first-order chi connectivity index (χ1) is 14.8. The number of aliphatic hydroxyl groups excluding tert-OH is 4. The maximum atomic E-state index is 10.5. The van der Waals surface area contributed by atoms with E-state index < -0.39 is 43.6 Å². The molecule has 5 nitrogen and oxygen atoms in total. The molecule has 27 heavy (non-hydrogen) atoms. The van der Waals surface area contributed by atoms with Crippen LogP contribution in [0.4, 0.5) is 0 Å². The number of ether oxygens (including phenoxy) is 1. The van der Waals surface area contributed by atoms with Crippen LogP contribution >= 0.6 is 11.6 Å². The van der Waals surface area contributed by atoms with Crippen LogP contribution in [0.25, 0.3) is 0 Å². The Balaban J connectivity index is 1.94. The summed E-state index contributed by atoms with van der Waals surface area (Å²) < 4.78 is 43.6. The Labute approximate surface area is 170 Å². The van der Waals surface area contributed by atoms with Crippen LogP contribution in [0.5, 0.6) is 5.75 Å². The number of halogens is 1. The van der Waals surface area contributed by atoms with Gasteiger partial charge in [-0.25, -0.2) is 0 Å². The second kappa shape index (κ2) is 8.59. The van der Waals surface area contributed by atoms with Crippen molar-refractivity contribution in [1.29, 1.82) is 0 Å². The van der Waals surface area contributed by atoms with Crippen molar-refractivity contribution in [2.24, 2.45) is 5.92 Å². The molecule has 2 aromatic carbocycles. The summed E-state index contributed by atoms with van der Waals surface area (Å²) in [4.78, 5) is 0. The summed E-state index contributed by atoms with van der Waals surface area (Å²) in [6.45, 7) is -0.368. The lowest BCUT2D eigenvalue weighted by atomic mass is 9.73. The smallest absolute Gasteiger partial charge is 0.118 e. The van der Waals surface area contributed by atoms with Gasteiger partial charge >= 0.3 is 0 Å². The number of aliphatic hydroxyl groups is 4. The van der Waals surface area contributed by atoms with Crippen molar-refractivity contribution in [2.45, 2.75) is 37.0 Å². The van der Waals surface area contributed by atoms with Crippen LogP contribution in [0.2, 0.25) is 5.02 Å². The highest BCUT2D eigenvalue weighted by Crippen LogP contribution is 2.38. The summed E-state index contributed by atoms with van der Waals surface area (Å²) in [5.41, 5.74) is 0.837. The first-order valence-electron chi connectivity index (χ1n) is 11.1. The van der Waals surface area contributed by atoms with E-state index in [-0.39, 0.29) is 34.9 Å². The molecule has 5 atom stereocenters. The zero-order valence-electron chi connectivity index (χ0n) is 19.4. The minimum Gasteiger partial charge on any atom is -0.497 e. The molecule has 146 valence electrons. The largest absolute Gasteiger partial charge is 0.497 e. The van der Waals surface area contributed by atoms with Gasteiger partial charge in [0, 0.05) is 26.2 Å². The molecule has 1 fully saturated rings. The minimum atomic E-state index is -2.62. The number of methoxy groups -OCH3 is 1. The van der Waals surface area contributed by atoms with Gasteiger partial charge in [0.05, 0.1) is 23.4 Å². The maximum Gasteiger partial charge on any atom is 0.118 e. The molecule has 0 aliphatic heterocycles. The predicted molar refractivity (Wildman–Crippen MR) is 103 cm³/mol. The number of rotatable bonds is 5. The second-order valence-corrected chi connectivity index (χ2v) is 7.15. The lowest BCUT2D eigenvalue weighted by Gasteiger charge is -2.40. The summed E-state index contributed by atoms with van der Waals surface area (Å²) in [6.07, 6.45) is -5.89. The average molecular weight is 398 g/mol. The van der Waals surface area contributed by atoms with Crippen LogP contribution in [-0.2, 0) is 6.37 Å². The van der Waals surface area contributed by atoms with Gasteiger partial charge in [0.25, 0.3) is 0 Å². The molecular weight excluding hydrogens is 368 g/mol. The fourth-order valence-electron chi connectivity index (χ4n) is 3.47. The molecule has 1 aliphatic rings. The highest BCUT2D eigenvalue weighted by Gasteiger charge is 2.42. The van der Waals surface area contributed by atoms with Crippen molar-refractivity contribution >= 4 is 11.6 Å². The van der Waals surface area contributed by atoms with Crippen LogP contribution in [0.15, 0.2) is 42.5 Å². The van der Waals surface area contributed by atoms with E-state index in [1.165, 1.54) is 36.4 Å². The third-order valence-corrected chi connectivity index (χ3v) is 5.39. The molecule has 0 amide bonds. The van der Waals surface area contributed by atoms with E-state index in [2.05, 4.69) is 0 Å². The van der Waals surface area contributed by atoms with Gasteiger partial charge in [0.2, 0.25) is 0 Å². The van der Waals surface area contributed by atoms with E-state index in [9.17, 15) is 20.4 Å². The Morgan fingerprint density at radius 3 is 2.52 bits per heavy atom. The average Bonchev–Trinajstić information content (AvgIpc) is 2.72. The Morgan fingerprint density at radius 2 is 1.85 bits per heavy atom. The van der Waals surface area contributed by atoms with Crippen LogP contribution < -0.4 is 4.74 Å². The molecule has 0 spiro atoms. The first-order valence-corrected chi connectivity index (χ1v) is 8.97. The predicted octanol–water partition coefficient (Wildman–Crippen LogP) is 2.12. The summed E-state index contributed by atoms with van der Waals surface area (Å²) in [7, 11) is -2.62. The monoisotopic (exact) mass is 397 g/mol. The topological polar surface area (TPSA) is 90.2 Å². The van der Waals surface area contributed by atoms with Gasteiger partial charge in [-0.05, 0) is 47.7 Å². The van der Waals surface area contributed by atoms with Gasteiger partial charge in [-0.3, -0.25) is 0 Å². The lowest BCUT2D eigenvalue weighted by Crippen LogP contribution is -2.51. The maximum absolute atomic E-state index is 10.5. The molecule has 1 saturated carbocycles. The van der Waals surface area contributed by atoms with Crippen LogP contribution in [0, 0.1) is 5.92 Å². The third kappa shape index (κ3) is 4.28. The molecule has 0 heterocycles. The summed E-state index contributed by atoms with van der Waals surface area (Å²) in [6, 6.07) is 10.1. The summed E-state index contributed by atoms with van der Waals surface area (Å²) in [5.74, 6) is -1.22. The van der Waals surface area contributed by atoms with Crippen molar-refractivity contribution < 1.29 is 32.0 Å². The Hall–Kier alpha value is -1.63. The zero-order valence-corrected chi connectivity index (χ0v) is 15.2. The molecule has 0 saturated heterocycles. The van der Waals surface area contributed by atoms with Crippen molar-refractivity contribution in [2.75, 3.05) is 13.6 Å². The molecule has 0 aromatic heterocycles. The van der Waals surface area contributed by atoms with Crippen LogP contribution in [0.3, 0.4) is 0 Å². The molecule has 0 radical (unpaired) electrons. The molecule has 3 rings (SSSR count). The number of benzene rings is 2. The van der Waals surface area contributed by atoms with E-state index >= 15 is 0 Å². The van der Waals surface area contributed by atoms with E-state index in [0.29, 0.717) is 5.56 Å². The number of hydrogen-bond acceptors (Lipinski definition) is 5. The minimum absolute atomic E-state index is 0.0670. The van der Waals surface area contributed by atoms with Gasteiger partial charge < -0.3 is 25.2 Å². The third-order valence-electron chi connectivity index (χ3n) is 5.06. The fourth-order valence-corrected chi connectivity index (χ4v) is 3.64.